The SMILES string of the molecule is Cl.O=C(c1ccc(F)cc1)C1CCNC1. The van der Waals surface area contributed by atoms with E-state index in [1.807, 2.05) is 0 Å². The van der Waals surface area contributed by atoms with Crippen molar-refractivity contribution in [2.75, 3.05) is 13.1 Å². The molecule has 1 unspecified atom stereocenters. The molecule has 1 fully saturated rings. The number of ketones is 1. The van der Waals surface area contributed by atoms with Crippen molar-refractivity contribution in [1.82, 2.24) is 5.32 Å². The summed E-state index contributed by atoms with van der Waals surface area (Å²) >= 11 is 0. The fourth-order valence-electron chi connectivity index (χ4n) is 1.73. The highest BCUT2D eigenvalue weighted by Crippen LogP contribution is 2.15. The molecule has 0 spiro atoms. The number of hydrogen-bond donors (Lipinski definition) is 1. The van der Waals surface area contributed by atoms with Gasteiger partial charge in [0.25, 0.3) is 0 Å². The number of carbonyl (C=O) groups is 1. The van der Waals surface area contributed by atoms with Crippen molar-refractivity contribution in [3.05, 3.63) is 35.6 Å². The minimum absolute atomic E-state index is 0. The average Bonchev–Trinajstić information content (AvgIpc) is 2.71. The summed E-state index contributed by atoms with van der Waals surface area (Å²) in [5.74, 6) is -0.110. The van der Waals surface area contributed by atoms with Crippen LogP contribution in [0.4, 0.5) is 4.39 Å². The van der Waals surface area contributed by atoms with E-state index in [0.717, 1.165) is 19.5 Å². The maximum absolute atomic E-state index is 12.6. The molecular weight excluding hydrogens is 217 g/mol. The fourth-order valence-corrected chi connectivity index (χ4v) is 1.73. The Morgan fingerprint density at radius 2 is 2.00 bits per heavy atom. The van der Waals surface area contributed by atoms with E-state index in [9.17, 15) is 9.18 Å². The lowest BCUT2D eigenvalue weighted by Crippen LogP contribution is -2.17. The lowest BCUT2D eigenvalue weighted by Gasteiger charge is -2.06. The quantitative estimate of drug-likeness (QED) is 0.787. The van der Waals surface area contributed by atoms with E-state index >= 15 is 0 Å². The minimum Gasteiger partial charge on any atom is -0.316 e. The summed E-state index contributed by atoms with van der Waals surface area (Å²) in [5, 5.41) is 3.14. The number of hydrogen-bond acceptors (Lipinski definition) is 2. The van der Waals surface area contributed by atoms with E-state index in [2.05, 4.69) is 5.32 Å². The lowest BCUT2D eigenvalue weighted by atomic mass is 9.97. The van der Waals surface area contributed by atoms with Crippen LogP contribution in [0.15, 0.2) is 24.3 Å². The number of rotatable bonds is 2. The highest BCUT2D eigenvalue weighted by molar-refractivity contribution is 5.98. The Morgan fingerprint density at radius 1 is 1.33 bits per heavy atom. The molecule has 1 heterocycles. The topological polar surface area (TPSA) is 29.1 Å². The van der Waals surface area contributed by atoms with Crippen LogP contribution in [0.2, 0.25) is 0 Å². The molecule has 82 valence electrons. The van der Waals surface area contributed by atoms with E-state index < -0.39 is 0 Å². The van der Waals surface area contributed by atoms with Gasteiger partial charge in [0.15, 0.2) is 5.78 Å². The molecule has 1 aromatic carbocycles. The first-order valence-electron chi connectivity index (χ1n) is 4.78. The Kier molecular flexibility index (Phi) is 4.24. The van der Waals surface area contributed by atoms with Crippen molar-refractivity contribution >= 4 is 18.2 Å². The summed E-state index contributed by atoms with van der Waals surface area (Å²) in [6.45, 7) is 1.65. The first-order valence-corrected chi connectivity index (χ1v) is 4.78. The number of benzene rings is 1. The molecule has 4 heteroatoms. The summed E-state index contributed by atoms with van der Waals surface area (Å²) in [4.78, 5) is 11.8. The summed E-state index contributed by atoms with van der Waals surface area (Å²) < 4.78 is 12.6. The van der Waals surface area contributed by atoms with Crippen LogP contribution in [0.5, 0.6) is 0 Å². The zero-order chi connectivity index (χ0) is 9.97. The Balaban J connectivity index is 0.00000112. The van der Waals surface area contributed by atoms with Crippen molar-refractivity contribution in [3.63, 3.8) is 0 Å². The molecule has 0 saturated carbocycles. The van der Waals surface area contributed by atoms with Crippen molar-refractivity contribution < 1.29 is 9.18 Å². The molecule has 15 heavy (non-hydrogen) atoms. The monoisotopic (exact) mass is 229 g/mol. The van der Waals surface area contributed by atoms with Gasteiger partial charge in [-0.05, 0) is 37.2 Å². The van der Waals surface area contributed by atoms with Crippen LogP contribution in [0.1, 0.15) is 16.8 Å². The van der Waals surface area contributed by atoms with Gasteiger partial charge in [-0.1, -0.05) is 0 Å². The molecule has 0 radical (unpaired) electrons. The van der Waals surface area contributed by atoms with Crippen molar-refractivity contribution in [2.45, 2.75) is 6.42 Å². The number of halogens is 2. The molecule has 0 aromatic heterocycles. The van der Waals surface area contributed by atoms with Crippen LogP contribution in [-0.4, -0.2) is 18.9 Å². The van der Waals surface area contributed by atoms with Crippen LogP contribution in [-0.2, 0) is 0 Å². The van der Waals surface area contributed by atoms with Crippen LogP contribution < -0.4 is 5.32 Å². The van der Waals surface area contributed by atoms with Gasteiger partial charge in [-0.2, -0.15) is 0 Å². The van der Waals surface area contributed by atoms with Gasteiger partial charge in [0.2, 0.25) is 0 Å². The lowest BCUT2D eigenvalue weighted by molar-refractivity contribution is 0.0930. The van der Waals surface area contributed by atoms with Crippen molar-refractivity contribution in [1.29, 1.82) is 0 Å². The van der Waals surface area contributed by atoms with Gasteiger partial charge < -0.3 is 5.32 Å². The van der Waals surface area contributed by atoms with E-state index in [4.69, 9.17) is 0 Å². The van der Waals surface area contributed by atoms with Crippen LogP contribution >= 0.6 is 12.4 Å². The van der Waals surface area contributed by atoms with Crippen LogP contribution in [0.25, 0.3) is 0 Å². The molecule has 0 aliphatic carbocycles. The van der Waals surface area contributed by atoms with Gasteiger partial charge in [-0.15, -0.1) is 12.4 Å². The van der Waals surface area contributed by atoms with Gasteiger partial charge in [0.1, 0.15) is 5.82 Å². The molecule has 1 aliphatic heterocycles. The van der Waals surface area contributed by atoms with E-state index in [0.29, 0.717) is 5.56 Å². The van der Waals surface area contributed by atoms with Gasteiger partial charge >= 0.3 is 0 Å². The number of carbonyl (C=O) groups excluding carboxylic acids is 1. The predicted octanol–water partition coefficient (Wildman–Crippen LogP) is 2.04. The van der Waals surface area contributed by atoms with E-state index in [-0.39, 0.29) is 29.9 Å². The molecular formula is C11H13ClFNO. The third-order valence-electron chi connectivity index (χ3n) is 2.56. The molecule has 1 N–H and O–H groups in total. The largest absolute Gasteiger partial charge is 0.316 e. The molecule has 1 aliphatic rings. The number of nitrogens with one attached hydrogen (secondary N) is 1. The molecule has 0 amide bonds. The van der Waals surface area contributed by atoms with Gasteiger partial charge in [0.05, 0.1) is 0 Å². The molecule has 0 bridgehead atoms. The highest BCUT2D eigenvalue weighted by Gasteiger charge is 2.23. The fraction of sp³-hybridized carbons (Fsp3) is 0.364. The standard InChI is InChI=1S/C11H12FNO.ClH/c12-10-3-1-8(2-4-10)11(14)9-5-6-13-7-9;/h1-4,9,13H,5-7H2;1H. The maximum Gasteiger partial charge on any atom is 0.167 e. The minimum atomic E-state index is -0.300. The summed E-state index contributed by atoms with van der Waals surface area (Å²) in [6, 6.07) is 5.76. The molecule has 2 nitrogen and oxygen atoms in total. The second-order valence-corrected chi connectivity index (χ2v) is 3.56. The maximum atomic E-state index is 12.6. The van der Waals surface area contributed by atoms with E-state index in [1.54, 1.807) is 12.1 Å². The van der Waals surface area contributed by atoms with Crippen LogP contribution in [0.3, 0.4) is 0 Å². The molecule has 1 aromatic rings. The summed E-state index contributed by atoms with van der Waals surface area (Å²) in [5.41, 5.74) is 0.611. The first kappa shape index (κ1) is 12.1. The average molecular weight is 230 g/mol. The Hall–Kier alpha value is -0.930. The molecule has 1 saturated heterocycles. The van der Waals surface area contributed by atoms with Gasteiger partial charge in [0, 0.05) is 18.0 Å². The predicted molar refractivity (Wildman–Crippen MR) is 59.0 cm³/mol. The smallest absolute Gasteiger partial charge is 0.167 e. The van der Waals surface area contributed by atoms with Gasteiger partial charge in [-0.3, -0.25) is 4.79 Å². The Bertz CT molecular complexity index is 333. The third kappa shape index (κ3) is 2.76. The Labute approximate surface area is 94.3 Å². The zero-order valence-corrected chi connectivity index (χ0v) is 9.02. The third-order valence-corrected chi connectivity index (χ3v) is 2.56. The number of Topliss-reactive ketones (excluding diaryl/α,β-unsaturated/α-hetero) is 1. The molecule has 2 rings (SSSR count). The van der Waals surface area contributed by atoms with Crippen LogP contribution in [0, 0.1) is 11.7 Å². The molecule has 1 atom stereocenters. The highest BCUT2D eigenvalue weighted by atomic mass is 35.5. The summed E-state index contributed by atoms with van der Waals surface area (Å²) in [6.07, 6.45) is 0.885. The summed E-state index contributed by atoms with van der Waals surface area (Å²) in [7, 11) is 0. The second kappa shape index (κ2) is 5.24. The second-order valence-electron chi connectivity index (χ2n) is 3.56. The van der Waals surface area contributed by atoms with Crippen molar-refractivity contribution in [2.24, 2.45) is 5.92 Å². The zero-order valence-electron chi connectivity index (χ0n) is 8.20. The Morgan fingerprint density at radius 3 is 2.53 bits per heavy atom. The van der Waals surface area contributed by atoms with Crippen molar-refractivity contribution in [3.8, 4) is 0 Å². The van der Waals surface area contributed by atoms with E-state index in [1.165, 1.54) is 12.1 Å². The normalized spacial score (nSPS) is 19.7. The van der Waals surface area contributed by atoms with Gasteiger partial charge in [-0.25, -0.2) is 4.39 Å². The first-order chi connectivity index (χ1) is 6.77.